The number of carbonyl (C=O) groups is 3. The molecule has 0 saturated carbocycles. The molecule has 0 aromatic carbocycles. The van der Waals surface area contributed by atoms with Gasteiger partial charge in [-0.3, -0.25) is 14.4 Å². The highest BCUT2D eigenvalue weighted by Crippen LogP contribution is 2.10. The maximum atomic E-state index is 12.3. The Hall–Kier alpha value is -1.70. The van der Waals surface area contributed by atoms with Gasteiger partial charge in [0.25, 0.3) is 0 Å². The third kappa shape index (κ3) is 6.94. The van der Waals surface area contributed by atoms with Crippen molar-refractivity contribution >= 4 is 34.9 Å². The van der Waals surface area contributed by atoms with E-state index in [1.165, 1.54) is 0 Å². The molecule has 1 saturated heterocycles. The summed E-state index contributed by atoms with van der Waals surface area (Å²) in [5.74, 6) is -0.603. The smallest absolute Gasteiger partial charge is 0.243 e. The molecule has 4 N–H and O–H groups in total. The van der Waals surface area contributed by atoms with Crippen LogP contribution < -0.4 is 21.3 Å². The minimum absolute atomic E-state index is 0.0943. The Morgan fingerprint density at radius 3 is 2.52 bits per heavy atom. The first-order chi connectivity index (χ1) is 10.8. The van der Waals surface area contributed by atoms with Gasteiger partial charge in [-0.15, -0.1) is 0 Å². The first-order valence-corrected chi connectivity index (χ1v) is 8.38. The molecule has 1 rings (SSSR count). The van der Waals surface area contributed by atoms with Crippen LogP contribution in [0, 0.1) is 5.92 Å². The van der Waals surface area contributed by atoms with Crippen LogP contribution in [0.5, 0.6) is 0 Å². The Bertz CT molecular complexity index is 468. The molecule has 3 amide bonds. The number of hydrogen-bond donors (Lipinski definition) is 4. The highest BCUT2D eigenvalue weighted by atomic mass is 32.1. The lowest BCUT2D eigenvalue weighted by Crippen LogP contribution is -2.53. The molecule has 0 aromatic rings. The predicted molar refractivity (Wildman–Crippen MR) is 91.8 cm³/mol. The number of likely N-dealkylation sites (N-methyl/N-ethyl adjacent to an activating group) is 1. The molecule has 7 nitrogen and oxygen atoms in total. The Balaban J connectivity index is 2.57. The fourth-order valence-electron chi connectivity index (χ4n) is 2.34. The molecule has 0 aromatic heterocycles. The number of carbonyl (C=O) groups excluding carboxylic acids is 3. The molecule has 2 unspecified atom stereocenters. The Morgan fingerprint density at radius 1 is 1.30 bits per heavy atom. The molecule has 1 aliphatic rings. The molecule has 1 heterocycles. The minimum Gasteiger partial charge on any atom is -0.368 e. The SMILES string of the molecule is CCNC(=O)CNC(=O)C(CC(C)C)NC(=O)C1CCC(=S)N1. The van der Waals surface area contributed by atoms with E-state index in [4.69, 9.17) is 12.2 Å². The standard InChI is InChI=1S/C15H26N4O3S/c1-4-16-12(20)8-17-14(21)11(7-9(2)3)19-15(22)10-5-6-13(23)18-10/h9-11H,4-8H2,1-3H3,(H,16,20)(H,17,21)(H,18,23)(H,19,22). The van der Waals surface area contributed by atoms with Gasteiger partial charge in [0, 0.05) is 13.0 Å². The van der Waals surface area contributed by atoms with E-state index in [1.54, 1.807) is 6.92 Å². The quantitative estimate of drug-likeness (QED) is 0.460. The van der Waals surface area contributed by atoms with E-state index in [-0.39, 0.29) is 36.2 Å². The highest BCUT2D eigenvalue weighted by molar-refractivity contribution is 7.80. The van der Waals surface area contributed by atoms with Gasteiger partial charge in [-0.1, -0.05) is 26.1 Å². The third-order valence-corrected chi connectivity index (χ3v) is 3.77. The van der Waals surface area contributed by atoms with Crippen molar-refractivity contribution in [2.45, 2.75) is 52.1 Å². The van der Waals surface area contributed by atoms with Gasteiger partial charge in [0.2, 0.25) is 17.7 Å². The second-order valence-electron chi connectivity index (χ2n) is 6.02. The van der Waals surface area contributed by atoms with Gasteiger partial charge in [-0.05, 0) is 25.7 Å². The largest absolute Gasteiger partial charge is 0.368 e. The summed E-state index contributed by atoms with van der Waals surface area (Å²) in [4.78, 5) is 36.6. The molecule has 2 atom stereocenters. The van der Waals surface area contributed by atoms with Crippen molar-refractivity contribution < 1.29 is 14.4 Å². The Morgan fingerprint density at radius 2 is 2.00 bits per heavy atom. The summed E-state index contributed by atoms with van der Waals surface area (Å²) in [5, 5.41) is 10.9. The third-order valence-electron chi connectivity index (χ3n) is 3.45. The van der Waals surface area contributed by atoms with Crippen molar-refractivity contribution in [2.75, 3.05) is 13.1 Å². The highest BCUT2D eigenvalue weighted by Gasteiger charge is 2.29. The predicted octanol–water partition coefficient (Wildman–Crippen LogP) is -0.151. The zero-order chi connectivity index (χ0) is 17.4. The van der Waals surface area contributed by atoms with Crippen LogP contribution in [0.1, 0.15) is 40.0 Å². The molecule has 1 aliphatic heterocycles. The first-order valence-electron chi connectivity index (χ1n) is 7.97. The molecule has 23 heavy (non-hydrogen) atoms. The first kappa shape index (κ1) is 19.3. The van der Waals surface area contributed by atoms with Crippen LogP contribution in [-0.4, -0.2) is 47.9 Å². The van der Waals surface area contributed by atoms with E-state index in [0.717, 1.165) is 0 Å². The average molecular weight is 342 g/mol. The van der Waals surface area contributed by atoms with Crippen molar-refractivity contribution in [3.05, 3.63) is 0 Å². The van der Waals surface area contributed by atoms with E-state index >= 15 is 0 Å². The van der Waals surface area contributed by atoms with Crippen molar-refractivity contribution in [2.24, 2.45) is 5.92 Å². The second-order valence-corrected chi connectivity index (χ2v) is 6.51. The molecular formula is C15H26N4O3S. The minimum atomic E-state index is -0.659. The average Bonchev–Trinajstić information content (AvgIpc) is 2.90. The fraction of sp³-hybridized carbons (Fsp3) is 0.733. The van der Waals surface area contributed by atoms with E-state index in [9.17, 15) is 14.4 Å². The van der Waals surface area contributed by atoms with Crippen LogP contribution in [0.25, 0.3) is 0 Å². The number of thiocarbonyl (C=S) groups is 1. The van der Waals surface area contributed by atoms with Crippen molar-refractivity contribution in [1.29, 1.82) is 0 Å². The van der Waals surface area contributed by atoms with Gasteiger partial charge in [-0.25, -0.2) is 0 Å². The summed E-state index contributed by atoms with van der Waals surface area (Å²) < 4.78 is 0. The number of nitrogens with one attached hydrogen (secondary N) is 4. The topological polar surface area (TPSA) is 99.3 Å². The summed E-state index contributed by atoms with van der Waals surface area (Å²) in [7, 11) is 0. The van der Waals surface area contributed by atoms with Gasteiger partial charge in [0.15, 0.2) is 0 Å². The number of amides is 3. The van der Waals surface area contributed by atoms with E-state index in [0.29, 0.717) is 30.8 Å². The summed E-state index contributed by atoms with van der Waals surface area (Å²) in [6.07, 6.45) is 1.83. The van der Waals surface area contributed by atoms with Crippen LogP contribution in [0.3, 0.4) is 0 Å². The maximum Gasteiger partial charge on any atom is 0.243 e. The Labute approximate surface area is 142 Å². The van der Waals surface area contributed by atoms with E-state index in [2.05, 4.69) is 21.3 Å². The maximum absolute atomic E-state index is 12.3. The molecule has 8 heteroatoms. The molecule has 0 bridgehead atoms. The molecule has 0 spiro atoms. The van der Waals surface area contributed by atoms with Gasteiger partial charge < -0.3 is 21.3 Å². The van der Waals surface area contributed by atoms with Gasteiger partial charge in [0.05, 0.1) is 11.5 Å². The summed E-state index contributed by atoms with van der Waals surface area (Å²) >= 11 is 5.03. The van der Waals surface area contributed by atoms with Gasteiger partial charge in [0.1, 0.15) is 12.1 Å². The lowest BCUT2D eigenvalue weighted by Gasteiger charge is -2.22. The van der Waals surface area contributed by atoms with Crippen LogP contribution in [-0.2, 0) is 14.4 Å². The van der Waals surface area contributed by atoms with Crippen molar-refractivity contribution in [3.8, 4) is 0 Å². The van der Waals surface area contributed by atoms with Crippen LogP contribution in [0.15, 0.2) is 0 Å². The monoisotopic (exact) mass is 342 g/mol. The van der Waals surface area contributed by atoms with Gasteiger partial charge >= 0.3 is 0 Å². The number of hydrogen-bond acceptors (Lipinski definition) is 4. The van der Waals surface area contributed by atoms with Crippen LogP contribution in [0.4, 0.5) is 0 Å². The van der Waals surface area contributed by atoms with E-state index in [1.807, 2.05) is 13.8 Å². The van der Waals surface area contributed by atoms with Crippen LogP contribution in [0.2, 0.25) is 0 Å². The molecule has 130 valence electrons. The fourth-order valence-corrected chi connectivity index (χ4v) is 2.60. The second kappa shape index (κ2) is 9.44. The van der Waals surface area contributed by atoms with Crippen LogP contribution >= 0.6 is 12.2 Å². The molecular weight excluding hydrogens is 316 g/mol. The summed E-state index contributed by atoms with van der Waals surface area (Å²) in [6.45, 7) is 6.16. The zero-order valence-corrected chi connectivity index (χ0v) is 14.7. The summed E-state index contributed by atoms with van der Waals surface area (Å²) in [6, 6.07) is -1.04. The zero-order valence-electron chi connectivity index (χ0n) is 13.9. The molecule has 0 radical (unpaired) electrons. The molecule has 1 fully saturated rings. The summed E-state index contributed by atoms with van der Waals surface area (Å²) in [5.41, 5.74) is 0. The lowest BCUT2D eigenvalue weighted by atomic mass is 10.0. The van der Waals surface area contributed by atoms with Crippen molar-refractivity contribution in [1.82, 2.24) is 21.3 Å². The van der Waals surface area contributed by atoms with Crippen molar-refractivity contribution in [3.63, 3.8) is 0 Å². The Kier molecular flexibility index (Phi) is 7.94. The number of rotatable bonds is 8. The molecule has 0 aliphatic carbocycles. The van der Waals surface area contributed by atoms with Gasteiger partial charge in [-0.2, -0.15) is 0 Å². The lowest BCUT2D eigenvalue weighted by molar-refractivity contribution is -0.131. The van der Waals surface area contributed by atoms with E-state index < -0.39 is 6.04 Å². The normalized spacial score (nSPS) is 18.3.